The highest BCUT2D eigenvalue weighted by atomic mass is 35.5. The molecule has 192 valence electrons. The molecule has 0 bridgehead atoms. The molecule has 0 aromatic heterocycles. The maximum absolute atomic E-state index is 14.0. The third-order valence-corrected chi connectivity index (χ3v) is 8.11. The Kier molecular flexibility index (Phi) is 7.84. The number of hydrogen-bond acceptors (Lipinski definition) is 3. The Morgan fingerprint density at radius 3 is 2.43 bits per heavy atom. The largest absolute Gasteiger partial charge is 0.391 e. The lowest BCUT2D eigenvalue weighted by molar-refractivity contribution is -0.125. The molecule has 1 fully saturated rings. The lowest BCUT2D eigenvalue weighted by Gasteiger charge is -2.48. The average Bonchev–Trinajstić information content (AvgIpc) is 2.90. The van der Waals surface area contributed by atoms with E-state index in [0.717, 1.165) is 18.4 Å². The number of nitrogens with zero attached hydrogens (tertiary/aromatic N) is 1. The van der Waals surface area contributed by atoms with Gasteiger partial charge in [-0.25, -0.2) is 0 Å². The van der Waals surface area contributed by atoms with Crippen LogP contribution in [0.3, 0.4) is 0 Å². The van der Waals surface area contributed by atoms with Crippen molar-refractivity contribution in [3.05, 3.63) is 105 Å². The summed E-state index contributed by atoms with van der Waals surface area (Å²) < 4.78 is 0. The molecule has 5 nitrogen and oxygen atoms in total. The van der Waals surface area contributed by atoms with Gasteiger partial charge in [-0.05, 0) is 54.2 Å². The molecule has 0 radical (unpaired) electrons. The number of carbonyl (C=O) groups is 2. The summed E-state index contributed by atoms with van der Waals surface area (Å²) in [5.41, 5.74) is 2.94. The summed E-state index contributed by atoms with van der Waals surface area (Å²) in [6.45, 7) is 0.461. The van der Waals surface area contributed by atoms with Gasteiger partial charge in [-0.1, -0.05) is 90.6 Å². The number of benzene rings is 3. The van der Waals surface area contributed by atoms with E-state index in [4.69, 9.17) is 23.2 Å². The summed E-state index contributed by atoms with van der Waals surface area (Å²) >= 11 is 12.9. The number of amides is 2. The molecule has 7 heteroatoms. The SMILES string of the molecule is O=C(NCCc1ccccc1)C1c2ccccc2C(=O)N(C2CCCCC2O)C1c1ccc(Cl)cc1Cl. The molecule has 2 amide bonds. The average molecular weight is 537 g/mol. The van der Waals surface area contributed by atoms with Gasteiger partial charge >= 0.3 is 0 Å². The molecule has 3 aromatic rings. The van der Waals surface area contributed by atoms with E-state index in [1.54, 1.807) is 29.2 Å². The Morgan fingerprint density at radius 2 is 1.68 bits per heavy atom. The van der Waals surface area contributed by atoms with Crippen molar-refractivity contribution in [1.82, 2.24) is 10.2 Å². The van der Waals surface area contributed by atoms with Crippen LogP contribution in [-0.4, -0.2) is 40.5 Å². The van der Waals surface area contributed by atoms with Crippen LogP contribution in [0.4, 0.5) is 0 Å². The molecule has 1 heterocycles. The molecular weight excluding hydrogens is 507 g/mol. The van der Waals surface area contributed by atoms with Crippen LogP contribution in [0.25, 0.3) is 0 Å². The number of aliphatic hydroxyl groups is 1. The van der Waals surface area contributed by atoms with Crippen molar-refractivity contribution in [3.63, 3.8) is 0 Å². The monoisotopic (exact) mass is 536 g/mol. The van der Waals surface area contributed by atoms with E-state index in [-0.39, 0.29) is 11.8 Å². The summed E-state index contributed by atoms with van der Waals surface area (Å²) in [6, 6.07) is 21.3. The fourth-order valence-corrected chi connectivity index (χ4v) is 6.29. The second-order valence-electron chi connectivity index (χ2n) is 9.83. The molecule has 3 aromatic carbocycles. The molecule has 4 atom stereocenters. The third-order valence-electron chi connectivity index (χ3n) is 7.55. The first kappa shape index (κ1) is 25.8. The third kappa shape index (κ3) is 5.26. The van der Waals surface area contributed by atoms with Gasteiger partial charge in [-0.3, -0.25) is 9.59 Å². The fourth-order valence-electron chi connectivity index (χ4n) is 5.77. The Morgan fingerprint density at radius 1 is 0.946 bits per heavy atom. The second kappa shape index (κ2) is 11.3. The van der Waals surface area contributed by atoms with Crippen molar-refractivity contribution >= 4 is 35.0 Å². The first-order chi connectivity index (χ1) is 18.0. The number of hydrogen-bond donors (Lipinski definition) is 2. The zero-order valence-electron chi connectivity index (χ0n) is 20.4. The molecule has 2 aliphatic rings. The minimum absolute atomic E-state index is 0.179. The van der Waals surface area contributed by atoms with E-state index < -0.39 is 24.1 Å². The van der Waals surface area contributed by atoms with Gasteiger partial charge in [0.05, 0.1) is 24.1 Å². The second-order valence-corrected chi connectivity index (χ2v) is 10.7. The molecule has 37 heavy (non-hydrogen) atoms. The summed E-state index contributed by atoms with van der Waals surface area (Å²) in [4.78, 5) is 29.7. The number of nitrogens with one attached hydrogen (secondary N) is 1. The zero-order valence-corrected chi connectivity index (χ0v) is 22.0. The molecule has 5 rings (SSSR count). The molecular formula is C30H30Cl2N2O3. The summed E-state index contributed by atoms with van der Waals surface area (Å²) in [7, 11) is 0. The van der Waals surface area contributed by atoms with Crippen LogP contribution in [0.5, 0.6) is 0 Å². The smallest absolute Gasteiger partial charge is 0.255 e. The van der Waals surface area contributed by atoms with Crippen LogP contribution in [0.1, 0.15) is 64.7 Å². The first-order valence-corrected chi connectivity index (χ1v) is 13.6. The molecule has 4 unspecified atom stereocenters. The fraction of sp³-hybridized carbons (Fsp3) is 0.333. The predicted octanol–water partition coefficient (Wildman–Crippen LogP) is 5.94. The van der Waals surface area contributed by atoms with Crippen molar-refractivity contribution in [1.29, 1.82) is 0 Å². The minimum atomic E-state index is -0.697. The molecule has 0 spiro atoms. The number of halogens is 2. The Bertz CT molecular complexity index is 1280. The van der Waals surface area contributed by atoms with E-state index in [0.29, 0.717) is 52.5 Å². The molecule has 0 saturated heterocycles. The van der Waals surface area contributed by atoms with Crippen molar-refractivity contribution in [2.45, 2.75) is 56.2 Å². The molecule has 1 saturated carbocycles. The van der Waals surface area contributed by atoms with E-state index >= 15 is 0 Å². The number of fused-ring (bicyclic) bond motifs is 1. The Balaban J connectivity index is 1.57. The first-order valence-electron chi connectivity index (χ1n) is 12.8. The zero-order chi connectivity index (χ0) is 25.9. The van der Waals surface area contributed by atoms with Gasteiger partial charge in [0.25, 0.3) is 5.91 Å². The summed E-state index contributed by atoms with van der Waals surface area (Å²) in [5.74, 6) is -1.06. The highest BCUT2D eigenvalue weighted by molar-refractivity contribution is 6.35. The lowest BCUT2D eigenvalue weighted by atomic mass is 9.76. The van der Waals surface area contributed by atoms with E-state index in [9.17, 15) is 14.7 Å². The van der Waals surface area contributed by atoms with Crippen molar-refractivity contribution in [2.75, 3.05) is 6.54 Å². The summed E-state index contributed by atoms with van der Waals surface area (Å²) in [6.07, 6.45) is 3.12. The van der Waals surface area contributed by atoms with Gasteiger partial charge in [-0.2, -0.15) is 0 Å². The standard InChI is InChI=1S/C30H30Cl2N2O3/c31-20-14-15-23(24(32)18-20)28-27(29(36)33-17-16-19-8-2-1-3-9-19)21-10-4-5-11-22(21)30(37)34(28)25-12-6-7-13-26(25)35/h1-5,8-11,14-15,18,25-28,35H,6-7,12-13,16-17H2,(H,33,36). The quantitative estimate of drug-likeness (QED) is 0.409. The van der Waals surface area contributed by atoms with Gasteiger partial charge in [0.1, 0.15) is 0 Å². The van der Waals surface area contributed by atoms with E-state index in [1.165, 1.54) is 0 Å². The highest BCUT2D eigenvalue weighted by Crippen LogP contribution is 2.47. The van der Waals surface area contributed by atoms with Crippen molar-refractivity contribution < 1.29 is 14.7 Å². The normalized spacial score (nSPS) is 23.4. The van der Waals surface area contributed by atoms with Gasteiger partial charge < -0.3 is 15.3 Å². The maximum atomic E-state index is 14.0. The minimum Gasteiger partial charge on any atom is -0.391 e. The maximum Gasteiger partial charge on any atom is 0.255 e. The van der Waals surface area contributed by atoms with E-state index in [2.05, 4.69) is 5.32 Å². The summed E-state index contributed by atoms with van der Waals surface area (Å²) in [5, 5.41) is 15.0. The van der Waals surface area contributed by atoms with Crippen LogP contribution in [0.2, 0.25) is 10.0 Å². The number of carbonyl (C=O) groups excluding carboxylic acids is 2. The Labute approximate surface area is 227 Å². The van der Waals surface area contributed by atoms with Gasteiger partial charge in [0.15, 0.2) is 0 Å². The van der Waals surface area contributed by atoms with Crippen LogP contribution >= 0.6 is 23.2 Å². The van der Waals surface area contributed by atoms with Gasteiger partial charge in [0.2, 0.25) is 5.91 Å². The van der Waals surface area contributed by atoms with Crippen LogP contribution in [0, 0.1) is 0 Å². The number of aliphatic hydroxyl groups excluding tert-OH is 1. The molecule has 1 aliphatic heterocycles. The van der Waals surface area contributed by atoms with Crippen molar-refractivity contribution in [3.8, 4) is 0 Å². The Hall–Kier alpha value is -2.86. The van der Waals surface area contributed by atoms with Gasteiger partial charge in [0, 0.05) is 22.2 Å². The lowest BCUT2D eigenvalue weighted by Crippen LogP contribution is -2.55. The highest BCUT2D eigenvalue weighted by Gasteiger charge is 2.48. The van der Waals surface area contributed by atoms with Crippen LogP contribution in [0.15, 0.2) is 72.8 Å². The van der Waals surface area contributed by atoms with Gasteiger partial charge in [-0.15, -0.1) is 0 Å². The molecule has 1 aliphatic carbocycles. The van der Waals surface area contributed by atoms with Crippen molar-refractivity contribution in [2.24, 2.45) is 0 Å². The molecule has 2 N–H and O–H groups in total. The van der Waals surface area contributed by atoms with Crippen LogP contribution in [-0.2, 0) is 11.2 Å². The number of rotatable bonds is 6. The van der Waals surface area contributed by atoms with E-state index in [1.807, 2.05) is 48.5 Å². The topological polar surface area (TPSA) is 69.6 Å². The predicted molar refractivity (Wildman–Crippen MR) is 146 cm³/mol. The van der Waals surface area contributed by atoms with Crippen LogP contribution < -0.4 is 5.32 Å².